The predicted molar refractivity (Wildman–Crippen MR) is 172 cm³/mol. The fourth-order valence-corrected chi connectivity index (χ4v) is 5.20. The minimum atomic E-state index is -0.218. The number of aromatic amines is 1. The number of amides is 1. The number of hydrogen-bond donors (Lipinski definition) is 3. The summed E-state index contributed by atoms with van der Waals surface area (Å²) >= 11 is 0. The average Bonchev–Trinajstić information content (AvgIpc) is 3.62. The number of nitrogens with two attached hydrogens (primary N) is 1. The van der Waals surface area contributed by atoms with Crippen molar-refractivity contribution in [1.29, 1.82) is 0 Å². The van der Waals surface area contributed by atoms with E-state index in [2.05, 4.69) is 20.4 Å². The lowest BCUT2D eigenvalue weighted by Gasteiger charge is -2.12. The van der Waals surface area contributed by atoms with E-state index >= 15 is 0 Å². The van der Waals surface area contributed by atoms with E-state index in [1.165, 1.54) is 10.7 Å². The number of pyridine rings is 3. The molecule has 4 N–H and O–H groups in total. The molecular weight excluding hydrogens is 566 g/mol. The van der Waals surface area contributed by atoms with Crippen molar-refractivity contribution >= 4 is 22.9 Å². The first-order valence-corrected chi connectivity index (χ1v) is 14.2. The molecule has 1 amide bonds. The molecule has 0 unspecified atom stereocenters. The predicted octanol–water partition coefficient (Wildman–Crippen LogP) is 4.84. The van der Waals surface area contributed by atoms with E-state index in [4.69, 9.17) is 15.7 Å². The monoisotopic (exact) mass is 593 g/mol. The van der Waals surface area contributed by atoms with Crippen LogP contribution in [0, 0.1) is 6.92 Å². The Labute approximate surface area is 257 Å². The molecule has 7 aromatic rings. The number of imidazole rings is 1. The molecule has 0 spiro atoms. The molecule has 220 valence electrons. The molecule has 5 heterocycles. The quantitative estimate of drug-likeness (QED) is 0.239. The lowest BCUT2D eigenvalue weighted by atomic mass is 10.1. The van der Waals surface area contributed by atoms with E-state index in [-0.39, 0.29) is 11.5 Å². The highest BCUT2D eigenvalue weighted by Gasteiger charge is 2.19. The summed E-state index contributed by atoms with van der Waals surface area (Å²) in [5, 5.41) is 5.95. The van der Waals surface area contributed by atoms with Gasteiger partial charge in [-0.1, -0.05) is 18.2 Å². The zero-order chi connectivity index (χ0) is 30.9. The molecule has 11 nitrogen and oxygen atoms in total. The molecule has 0 bridgehead atoms. The van der Waals surface area contributed by atoms with Crippen molar-refractivity contribution in [3.8, 4) is 33.9 Å². The van der Waals surface area contributed by atoms with Gasteiger partial charge >= 0.3 is 0 Å². The van der Waals surface area contributed by atoms with Crippen molar-refractivity contribution in [2.75, 3.05) is 5.73 Å². The number of rotatable bonds is 7. The van der Waals surface area contributed by atoms with Gasteiger partial charge in [0.2, 0.25) is 0 Å². The summed E-state index contributed by atoms with van der Waals surface area (Å²) in [5.74, 6) is 0.765. The molecule has 2 aromatic carbocycles. The Morgan fingerprint density at radius 1 is 0.889 bits per heavy atom. The van der Waals surface area contributed by atoms with Crippen molar-refractivity contribution in [3.63, 3.8) is 0 Å². The van der Waals surface area contributed by atoms with Crippen LogP contribution in [0.15, 0.2) is 115 Å². The molecule has 0 atom stereocenters. The smallest absolute Gasteiger partial charge is 0.271 e. The number of fused-ring (bicyclic) bond motifs is 1. The topological polar surface area (TPSA) is 149 Å². The van der Waals surface area contributed by atoms with Gasteiger partial charge in [0, 0.05) is 65.5 Å². The maximum atomic E-state index is 12.9. The summed E-state index contributed by atoms with van der Waals surface area (Å²) < 4.78 is 3.39. The van der Waals surface area contributed by atoms with Crippen LogP contribution in [0.1, 0.15) is 21.6 Å². The highest BCUT2D eigenvalue weighted by atomic mass is 16.1. The van der Waals surface area contributed by atoms with Gasteiger partial charge in [0.25, 0.3) is 11.5 Å². The number of nitrogen functional groups attached to an aromatic ring is 1. The molecule has 11 heteroatoms. The van der Waals surface area contributed by atoms with Crippen molar-refractivity contribution in [2.24, 2.45) is 0 Å². The molecule has 0 saturated heterocycles. The van der Waals surface area contributed by atoms with Gasteiger partial charge in [-0.05, 0) is 73.2 Å². The first-order valence-electron chi connectivity index (χ1n) is 14.2. The summed E-state index contributed by atoms with van der Waals surface area (Å²) in [5.41, 5.74) is 13.7. The van der Waals surface area contributed by atoms with Crippen LogP contribution >= 0.6 is 0 Å². The number of hydrogen-bond acceptors (Lipinski definition) is 7. The number of aryl methyl sites for hydroxylation is 1. The summed E-state index contributed by atoms with van der Waals surface area (Å²) in [6.45, 7) is 2.14. The number of nitrogens with zero attached hydrogens (tertiary/aromatic N) is 6. The van der Waals surface area contributed by atoms with Crippen molar-refractivity contribution < 1.29 is 4.79 Å². The van der Waals surface area contributed by atoms with Gasteiger partial charge in [-0.15, -0.1) is 0 Å². The number of aromatic nitrogens is 7. The standard InChI is InChI=1S/C34H27N9O2/c1-21-16-30(44)43(41-21)27-12-8-23(9-13-27)34(45)39-18-22-6-10-26(11-7-22)42-32(28-5-3-15-37-31(28)35)40-29-17-25(20-38-33(29)42)24-4-2-14-36-19-24/h2-17,19-20,41H,18H2,1H3,(H2,35,37)(H,39,45). The van der Waals surface area contributed by atoms with Crippen LogP contribution in [0.2, 0.25) is 0 Å². The molecule has 0 fully saturated rings. The van der Waals surface area contributed by atoms with Gasteiger partial charge in [0.1, 0.15) is 11.3 Å². The molecule has 0 aliphatic carbocycles. The van der Waals surface area contributed by atoms with E-state index in [0.29, 0.717) is 46.2 Å². The third-order valence-electron chi connectivity index (χ3n) is 7.46. The van der Waals surface area contributed by atoms with E-state index in [1.54, 1.807) is 42.9 Å². The Bertz CT molecular complexity index is 2220. The van der Waals surface area contributed by atoms with Crippen LogP contribution in [-0.4, -0.2) is 40.2 Å². The number of carbonyl (C=O) groups excluding carboxylic acids is 1. The maximum absolute atomic E-state index is 12.9. The fraction of sp³-hybridized carbons (Fsp3) is 0.0588. The van der Waals surface area contributed by atoms with Crippen molar-refractivity contribution in [2.45, 2.75) is 13.5 Å². The van der Waals surface area contributed by atoms with Crippen LogP contribution in [-0.2, 0) is 6.54 Å². The second-order valence-electron chi connectivity index (χ2n) is 10.5. The number of anilines is 1. The van der Waals surface area contributed by atoms with Gasteiger partial charge in [-0.3, -0.25) is 24.2 Å². The summed E-state index contributed by atoms with van der Waals surface area (Å²) in [7, 11) is 0. The third-order valence-corrected chi connectivity index (χ3v) is 7.46. The number of H-pyrrole nitrogens is 1. The third kappa shape index (κ3) is 5.34. The van der Waals surface area contributed by atoms with Gasteiger partial charge in [0.15, 0.2) is 11.5 Å². The average molecular weight is 594 g/mol. The maximum Gasteiger partial charge on any atom is 0.271 e. The molecule has 0 aliphatic rings. The highest BCUT2D eigenvalue weighted by Crippen LogP contribution is 2.32. The lowest BCUT2D eigenvalue weighted by molar-refractivity contribution is 0.0951. The summed E-state index contributed by atoms with van der Waals surface area (Å²) in [4.78, 5) is 43.2. The number of benzene rings is 2. The van der Waals surface area contributed by atoms with Crippen LogP contribution in [0.4, 0.5) is 5.82 Å². The second kappa shape index (κ2) is 11.4. The molecule has 7 rings (SSSR count). The fourth-order valence-electron chi connectivity index (χ4n) is 5.20. The Hall–Kier alpha value is -6.36. The largest absolute Gasteiger partial charge is 0.383 e. The van der Waals surface area contributed by atoms with Crippen molar-refractivity contribution in [1.82, 2.24) is 39.6 Å². The second-order valence-corrected chi connectivity index (χ2v) is 10.5. The van der Waals surface area contributed by atoms with Crippen LogP contribution < -0.4 is 16.6 Å². The van der Waals surface area contributed by atoms with E-state index in [9.17, 15) is 9.59 Å². The van der Waals surface area contributed by atoms with Gasteiger partial charge in [-0.25, -0.2) is 19.6 Å². The highest BCUT2D eigenvalue weighted by molar-refractivity contribution is 5.94. The van der Waals surface area contributed by atoms with E-state index in [0.717, 1.165) is 28.1 Å². The number of carbonyl (C=O) groups is 1. The summed E-state index contributed by atoms with van der Waals surface area (Å²) in [6.07, 6.45) is 6.97. The van der Waals surface area contributed by atoms with E-state index < -0.39 is 0 Å². The molecule has 0 radical (unpaired) electrons. The van der Waals surface area contributed by atoms with Gasteiger partial charge in [-0.2, -0.15) is 0 Å². The Kier molecular flexibility index (Phi) is 6.95. The zero-order valence-corrected chi connectivity index (χ0v) is 24.2. The Morgan fingerprint density at radius 3 is 2.38 bits per heavy atom. The molecular formula is C34H27N9O2. The number of nitrogens with one attached hydrogen (secondary N) is 2. The zero-order valence-electron chi connectivity index (χ0n) is 24.2. The summed E-state index contributed by atoms with van der Waals surface area (Å²) in [6, 6.07) is 25.7. The first kappa shape index (κ1) is 27.5. The normalized spacial score (nSPS) is 11.1. The molecule has 0 aliphatic heterocycles. The first-order chi connectivity index (χ1) is 21.9. The van der Waals surface area contributed by atoms with Crippen LogP contribution in [0.3, 0.4) is 0 Å². The van der Waals surface area contributed by atoms with Gasteiger partial charge < -0.3 is 11.1 Å². The molecule has 5 aromatic heterocycles. The van der Waals surface area contributed by atoms with Crippen LogP contribution in [0.25, 0.3) is 45.1 Å². The lowest BCUT2D eigenvalue weighted by Crippen LogP contribution is -2.23. The van der Waals surface area contributed by atoms with Crippen LogP contribution in [0.5, 0.6) is 0 Å². The SMILES string of the molecule is Cc1cc(=O)n(-c2ccc(C(=O)NCc3ccc(-n4c(-c5cccnc5N)nc5cc(-c6cccnc6)cnc54)cc3)cc2)[nH]1. The minimum absolute atomic E-state index is 0.155. The molecule has 0 saturated carbocycles. The van der Waals surface area contributed by atoms with E-state index in [1.807, 2.05) is 72.3 Å². The Balaban J connectivity index is 1.14. The Morgan fingerprint density at radius 2 is 1.67 bits per heavy atom. The molecule has 45 heavy (non-hydrogen) atoms. The van der Waals surface area contributed by atoms with Crippen molar-refractivity contribution in [3.05, 3.63) is 137 Å². The van der Waals surface area contributed by atoms with Gasteiger partial charge in [0.05, 0.1) is 11.3 Å². The minimum Gasteiger partial charge on any atom is -0.383 e.